The highest BCUT2D eigenvalue weighted by atomic mass is 35.5. The maximum atomic E-state index is 14.1. The Balaban J connectivity index is 2.27. The molecular weight excluding hydrogens is 263 g/mol. The molecule has 0 saturated carbocycles. The van der Waals surface area contributed by atoms with Crippen molar-refractivity contribution in [2.45, 2.75) is 19.4 Å². The van der Waals surface area contributed by atoms with E-state index in [4.69, 9.17) is 11.6 Å². The zero-order chi connectivity index (χ0) is 13.8. The van der Waals surface area contributed by atoms with Crippen LogP contribution in [0.2, 0.25) is 5.02 Å². The monoisotopic (exact) mass is 282 g/mol. The summed E-state index contributed by atoms with van der Waals surface area (Å²) >= 11 is 5.83. The van der Waals surface area contributed by atoms with Gasteiger partial charge in [-0.05, 0) is 25.5 Å². The van der Waals surface area contributed by atoms with Crippen LogP contribution in [0.1, 0.15) is 24.9 Å². The first-order valence-electron chi connectivity index (χ1n) is 6.62. The van der Waals surface area contributed by atoms with Gasteiger partial charge in [0.25, 0.3) is 0 Å². The first-order valence-corrected chi connectivity index (χ1v) is 7.00. The number of hydrogen-bond acceptors (Lipinski definition) is 2. The molecule has 2 rings (SSSR count). The van der Waals surface area contributed by atoms with E-state index < -0.39 is 0 Å². The smallest absolute Gasteiger partial charge is 0.129 e. The van der Waals surface area contributed by atoms with Crippen LogP contribution in [0.5, 0.6) is 0 Å². The van der Waals surface area contributed by atoms with Gasteiger partial charge >= 0.3 is 0 Å². The molecular formula is C15H20ClFN2. The number of nitrogens with zero attached hydrogens (tertiary/aromatic N) is 1. The molecule has 0 aliphatic carbocycles. The largest absolute Gasteiger partial charge is 0.314 e. The third-order valence-electron chi connectivity index (χ3n) is 3.46. The molecule has 19 heavy (non-hydrogen) atoms. The number of hydrogen-bond donors (Lipinski definition) is 1. The third kappa shape index (κ3) is 3.78. The number of nitrogens with one attached hydrogen (secondary N) is 1. The van der Waals surface area contributed by atoms with Crippen molar-refractivity contribution in [3.05, 3.63) is 46.8 Å². The number of benzene rings is 1. The van der Waals surface area contributed by atoms with Crippen LogP contribution in [0, 0.1) is 5.82 Å². The van der Waals surface area contributed by atoms with Gasteiger partial charge in [0.15, 0.2) is 0 Å². The molecule has 1 N–H and O–H groups in total. The summed E-state index contributed by atoms with van der Waals surface area (Å²) in [5.41, 5.74) is 1.78. The zero-order valence-electron chi connectivity index (χ0n) is 11.3. The van der Waals surface area contributed by atoms with Crippen molar-refractivity contribution in [2.24, 2.45) is 0 Å². The highest BCUT2D eigenvalue weighted by Crippen LogP contribution is 2.30. The Hall–Kier alpha value is -0.900. The van der Waals surface area contributed by atoms with E-state index in [1.54, 1.807) is 12.1 Å². The van der Waals surface area contributed by atoms with Crippen LogP contribution in [-0.2, 0) is 0 Å². The van der Waals surface area contributed by atoms with Crippen molar-refractivity contribution < 1.29 is 4.39 Å². The van der Waals surface area contributed by atoms with E-state index in [-0.39, 0.29) is 11.9 Å². The molecule has 1 aromatic carbocycles. The summed E-state index contributed by atoms with van der Waals surface area (Å²) in [7, 11) is 0. The molecule has 1 aromatic rings. The van der Waals surface area contributed by atoms with Crippen LogP contribution in [0.3, 0.4) is 0 Å². The lowest BCUT2D eigenvalue weighted by Crippen LogP contribution is -2.45. The molecule has 0 unspecified atom stereocenters. The number of rotatable bonds is 4. The third-order valence-corrected chi connectivity index (χ3v) is 3.69. The van der Waals surface area contributed by atoms with E-state index in [9.17, 15) is 4.39 Å². The van der Waals surface area contributed by atoms with Gasteiger partial charge in [-0.3, -0.25) is 4.90 Å². The molecule has 1 heterocycles. The fourth-order valence-electron chi connectivity index (χ4n) is 2.53. The van der Waals surface area contributed by atoms with Crippen LogP contribution >= 0.6 is 11.6 Å². The van der Waals surface area contributed by atoms with Gasteiger partial charge in [-0.1, -0.05) is 23.2 Å². The summed E-state index contributed by atoms with van der Waals surface area (Å²) in [6.45, 7) is 9.71. The second-order valence-corrected chi connectivity index (χ2v) is 5.57. The molecule has 1 aliphatic heterocycles. The van der Waals surface area contributed by atoms with Crippen molar-refractivity contribution in [1.29, 1.82) is 0 Å². The van der Waals surface area contributed by atoms with Gasteiger partial charge in [0.05, 0.1) is 0 Å². The highest BCUT2D eigenvalue weighted by Gasteiger charge is 2.24. The van der Waals surface area contributed by atoms with Gasteiger partial charge in [-0.15, -0.1) is 6.58 Å². The first kappa shape index (κ1) is 14.5. The lowest BCUT2D eigenvalue weighted by Gasteiger charge is -2.35. The minimum Gasteiger partial charge on any atom is -0.314 e. The molecule has 0 spiro atoms. The van der Waals surface area contributed by atoms with E-state index in [0.717, 1.165) is 38.2 Å². The van der Waals surface area contributed by atoms with Gasteiger partial charge in [0.2, 0.25) is 0 Å². The number of piperazine rings is 1. The lowest BCUT2D eigenvalue weighted by molar-refractivity contribution is 0.169. The molecule has 0 bridgehead atoms. The second kappa shape index (κ2) is 6.51. The standard InChI is InChI=1S/C15H20ClFN2/c1-11(2)9-15(19-7-5-18-6-8-19)13-4-3-12(16)10-14(13)17/h3-4,10,15,18H,1,5-9H2,2H3/t15-/m1/s1. The molecule has 1 fully saturated rings. The average molecular weight is 283 g/mol. The van der Waals surface area contributed by atoms with E-state index in [0.29, 0.717) is 10.6 Å². The van der Waals surface area contributed by atoms with E-state index in [1.807, 2.05) is 6.92 Å². The van der Waals surface area contributed by atoms with E-state index in [2.05, 4.69) is 16.8 Å². The molecule has 0 radical (unpaired) electrons. The molecule has 0 aromatic heterocycles. The second-order valence-electron chi connectivity index (χ2n) is 5.13. The molecule has 1 atom stereocenters. The van der Waals surface area contributed by atoms with Crippen LogP contribution in [-0.4, -0.2) is 31.1 Å². The summed E-state index contributed by atoms with van der Waals surface area (Å²) < 4.78 is 14.1. The molecule has 0 amide bonds. The topological polar surface area (TPSA) is 15.3 Å². The minimum absolute atomic E-state index is 0.0527. The SMILES string of the molecule is C=C(C)C[C@H](c1ccc(Cl)cc1F)N1CCNCC1. The molecule has 1 saturated heterocycles. The molecule has 2 nitrogen and oxygen atoms in total. The van der Waals surface area contributed by atoms with Crippen molar-refractivity contribution >= 4 is 11.6 Å². The highest BCUT2D eigenvalue weighted by molar-refractivity contribution is 6.30. The van der Waals surface area contributed by atoms with Crippen LogP contribution in [0.4, 0.5) is 4.39 Å². The van der Waals surface area contributed by atoms with Crippen LogP contribution < -0.4 is 5.32 Å². The summed E-state index contributed by atoms with van der Waals surface area (Å²) in [5.74, 6) is -0.225. The quantitative estimate of drug-likeness (QED) is 0.852. The number of halogens is 2. The summed E-state index contributed by atoms with van der Waals surface area (Å²) in [6.07, 6.45) is 0.776. The molecule has 1 aliphatic rings. The molecule has 4 heteroatoms. The van der Waals surface area contributed by atoms with E-state index in [1.165, 1.54) is 6.07 Å². The van der Waals surface area contributed by atoms with Gasteiger partial charge in [0, 0.05) is 42.8 Å². The Morgan fingerprint density at radius 1 is 1.47 bits per heavy atom. The van der Waals surface area contributed by atoms with Crippen molar-refractivity contribution in [1.82, 2.24) is 10.2 Å². The molecule has 104 valence electrons. The van der Waals surface area contributed by atoms with Crippen molar-refractivity contribution in [2.75, 3.05) is 26.2 Å². The maximum absolute atomic E-state index is 14.1. The minimum atomic E-state index is -0.225. The Kier molecular flexibility index (Phi) is 4.97. The van der Waals surface area contributed by atoms with Gasteiger partial charge in [0.1, 0.15) is 5.82 Å². The van der Waals surface area contributed by atoms with E-state index >= 15 is 0 Å². The van der Waals surface area contributed by atoms with Crippen molar-refractivity contribution in [3.8, 4) is 0 Å². The Morgan fingerprint density at radius 2 is 2.16 bits per heavy atom. The predicted molar refractivity (Wildman–Crippen MR) is 78.0 cm³/mol. The fraction of sp³-hybridized carbons (Fsp3) is 0.467. The maximum Gasteiger partial charge on any atom is 0.129 e. The zero-order valence-corrected chi connectivity index (χ0v) is 12.0. The van der Waals surface area contributed by atoms with Gasteiger partial charge in [-0.25, -0.2) is 4.39 Å². The van der Waals surface area contributed by atoms with Gasteiger partial charge < -0.3 is 5.32 Å². The van der Waals surface area contributed by atoms with Crippen molar-refractivity contribution in [3.63, 3.8) is 0 Å². The Labute approximate surface area is 119 Å². The Bertz CT molecular complexity index is 455. The Morgan fingerprint density at radius 3 is 2.74 bits per heavy atom. The first-order chi connectivity index (χ1) is 9.08. The average Bonchev–Trinajstić information content (AvgIpc) is 2.37. The summed E-state index contributed by atoms with van der Waals surface area (Å²) in [5, 5.41) is 3.76. The fourth-order valence-corrected chi connectivity index (χ4v) is 2.69. The van der Waals surface area contributed by atoms with Gasteiger partial charge in [-0.2, -0.15) is 0 Å². The summed E-state index contributed by atoms with van der Waals surface area (Å²) in [6, 6.07) is 5.00. The lowest BCUT2D eigenvalue weighted by atomic mass is 9.97. The van der Waals surface area contributed by atoms with Crippen LogP contribution in [0.15, 0.2) is 30.4 Å². The summed E-state index contributed by atoms with van der Waals surface area (Å²) in [4.78, 5) is 2.32. The normalized spacial score (nSPS) is 18.3. The van der Waals surface area contributed by atoms with Crippen LogP contribution in [0.25, 0.3) is 0 Å². The predicted octanol–water partition coefficient (Wildman–Crippen LogP) is 3.39.